The summed E-state index contributed by atoms with van der Waals surface area (Å²) in [7, 11) is 0. The summed E-state index contributed by atoms with van der Waals surface area (Å²) in [4.78, 5) is 0. The van der Waals surface area contributed by atoms with Crippen molar-refractivity contribution in [3.8, 4) is 5.75 Å². The fourth-order valence-corrected chi connectivity index (χ4v) is 1.86. The van der Waals surface area contributed by atoms with Crippen LogP contribution in [0.4, 0.5) is 0 Å². The molecular weight excluding hydrogens is 284 g/mol. The van der Waals surface area contributed by atoms with Crippen molar-refractivity contribution in [2.75, 3.05) is 6.54 Å². The van der Waals surface area contributed by atoms with Gasteiger partial charge in [0.2, 0.25) is 0 Å². The molecule has 0 saturated carbocycles. The van der Waals surface area contributed by atoms with E-state index in [9.17, 15) is 5.11 Å². The summed E-state index contributed by atoms with van der Waals surface area (Å²) in [6.45, 7) is 2.37. The number of halogens is 1. The summed E-state index contributed by atoms with van der Waals surface area (Å²) < 4.78 is 2.49. The van der Waals surface area contributed by atoms with Crippen LogP contribution in [0.1, 0.15) is 5.56 Å². The highest BCUT2D eigenvalue weighted by molar-refractivity contribution is 9.10. The van der Waals surface area contributed by atoms with Crippen LogP contribution in [0.3, 0.4) is 0 Å². The van der Waals surface area contributed by atoms with Gasteiger partial charge in [0.15, 0.2) is 0 Å². The molecule has 0 unspecified atom stereocenters. The first kappa shape index (κ1) is 12.1. The third-order valence-corrected chi connectivity index (χ3v) is 2.97. The van der Waals surface area contributed by atoms with Crippen molar-refractivity contribution in [3.05, 3.63) is 40.6 Å². The minimum atomic E-state index is 0.261. The van der Waals surface area contributed by atoms with E-state index in [1.807, 2.05) is 18.3 Å². The zero-order valence-corrected chi connectivity index (χ0v) is 10.8. The Bertz CT molecular complexity index is 472. The van der Waals surface area contributed by atoms with Gasteiger partial charge in [0.1, 0.15) is 5.75 Å². The highest BCUT2D eigenvalue weighted by Gasteiger charge is 1.99. The third kappa shape index (κ3) is 3.54. The Balaban J connectivity index is 1.76. The van der Waals surface area contributed by atoms with E-state index in [0.29, 0.717) is 4.47 Å². The molecule has 2 aromatic rings. The molecule has 0 spiro atoms. The number of hydrogen-bond acceptors (Lipinski definition) is 4. The van der Waals surface area contributed by atoms with Gasteiger partial charge < -0.3 is 10.4 Å². The predicted molar refractivity (Wildman–Crippen MR) is 67.5 cm³/mol. The van der Waals surface area contributed by atoms with Crippen LogP contribution < -0.4 is 5.32 Å². The van der Waals surface area contributed by atoms with Crippen molar-refractivity contribution in [3.63, 3.8) is 0 Å². The van der Waals surface area contributed by atoms with Crippen LogP contribution in [0, 0.1) is 0 Å². The Labute approximate surface area is 108 Å². The van der Waals surface area contributed by atoms with Gasteiger partial charge in [0.05, 0.1) is 17.2 Å². The lowest BCUT2D eigenvalue weighted by Crippen LogP contribution is -2.19. The van der Waals surface area contributed by atoms with Crippen LogP contribution in [0.15, 0.2) is 35.1 Å². The topological polar surface area (TPSA) is 63.0 Å². The van der Waals surface area contributed by atoms with Crippen LogP contribution in [0.2, 0.25) is 0 Å². The molecule has 0 saturated heterocycles. The van der Waals surface area contributed by atoms with Gasteiger partial charge in [0.25, 0.3) is 0 Å². The molecule has 1 aromatic carbocycles. The summed E-state index contributed by atoms with van der Waals surface area (Å²) in [6, 6.07) is 5.47. The summed E-state index contributed by atoms with van der Waals surface area (Å²) in [6.07, 6.45) is 3.50. The fourth-order valence-electron chi connectivity index (χ4n) is 1.44. The number of benzene rings is 1. The molecule has 0 aliphatic carbocycles. The largest absolute Gasteiger partial charge is 0.507 e. The van der Waals surface area contributed by atoms with E-state index in [1.54, 1.807) is 16.9 Å². The van der Waals surface area contributed by atoms with E-state index in [-0.39, 0.29) is 5.75 Å². The maximum Gasteiger partial charge on any atom is 0.129 e. The third-order valence-electron chi connectivity index (χ3n) is 2.33. The summed E-state index contributed by atoms with van der Waals surface area (Å²) in [5, 5.41) is 20.3. The Morgan fingerprint density at radius 3 is 3.00 bits per heavy atom. The monoisotopic (exact) mass is 296 g/mol. The molecule has 2 rings (SSSR count). The van der Waals surface area contributed by atoms with Crippen molar-refractivity contribution >= 4 is 15.9 Å². The molecule has 5 nitrogen and oxygen atoms in total. The summed E-state index contributed by atoms with van der Waals surface area (Å²) >= 11 is 3.29. The molecule has 0 amide bonds. The van der Waals surface area contributed by atoms with Gasteiger partial charge in [-0.3, -0.25) is 4.68 Å². The maximum atomic E-state index is 9.35. The molecule has 0 radical (unpaired) electrons. The minimum Gasteiger partial charge on any atom is -0.507 e. The molecule has 2 N–H and O–H groups in total. The molecule has 17 heavy (non-hydrogen) atoms. The second-order valence-electron chi connectivity index (χ2n) is 3.63. The normalized spacial score (nSPS) is 10.6. The zero-order chi connectivity index (χ0) is 12.1. The molecule has 1 aromatic heterocycles. The molecule has 6 heteroatoms. The van der Waals surface area contributed by atoms with Gasteiger partial charge in [-0.1, -0.05) is 11.3 Å². The molecular formula is C11H13BrN4O. The van der Waals surface area contributed by atoms with Crippen LogP contribution in [-0.2, 0) is 13.1 Å². The van der Waals surface area contributed by atoms with E-state index >= 15 is 0 Å². The number of nitrogens with one attached hydrogen (secondary N) is 1. The first-order valence-corrected chi connectivity index (χ1v) is 6.07. The molecule has 0 aliphatic heterocycles. The summed E-state index contributed by atoms with van der Waals surface area (Å²) in [5.41, 5.74) is 1.12. The molecule has 0 bridgehead atoms. The number of aromatic nitrogens is 3. The average Bonchev–Trinajstić information content (AvgIpc) is 2.82. The van der Waals surface area contributed by atoms with Crippen LogP contribution in [0.25, 0.3) is 0 Å². The molecule has 1 heterocycles. The van der Waals surface area contributed by atoms with Crippen LogP contribution in [0.5, 0.6) is 5.75 Å². The number of rotatable bonds is 5. The Hall–Kier alpha value is -1.40. The number of nitrogens with zero attached hydrogens (tertiary/aromatic N) is 3. The molecule has 90 valence electrons. The molecule has 0 atom stereocenters. The number of aromatic hydroxyl groups is 1. The Morgan fingerprint density at radius 2 is 2.29 bits per heavy atom. The second-order valence-corrected chi connectivity index (χ2v) is 4.48. The van der Waals surface area contributed by atoms with E-state index in [0.717, 1.165) is 25.2 Å². The smallest absolute Gasteiger partial charge is 0.129 e. The van der Waals surface area contributed by atoms with Gasteiger partial charge in [0, 0.05) is 19.3 Å². The van der Waals surface area contributed by atoms with Crippen molar-refractivity contribution < 1.29 is 5.11 Å². The van der Waals surface area contributed by atoms with E-state index in [1.165, 1.54) is 0 Å². The van der Waals surface area contributed by atoms with E-state index in [4.69, 9.17) is 0 Å². The SMILES string of the molecule is Oc1ccc(CNCCn2ccnn2)cc1Br. The van der Waals surface area contributed by atoms with Crippen molar-refractivity contribution in [2.45, 2.75) is 13.1 Å². The lowest BCUT2D eigenvalue weighted by atomic mass is 10.2. The van der Waals surface area contributed by atoms with Crippen LogP contribution >= 0.6 is 15.9 Å². The zero-order valence-electron chi connectivity index (χ0n) is 9.17. The first-order chi connectivity index (χ1) is 8.25. The lowest BCUT2D eigenvalue weighted by Gasteiger charge is -2.06. The molecule has 0 fully saturated rings. The van der Waals surface area contributed by atoms with Gasteiger partial charge in [-0.2, -0.15) is 0 Å². The standard InChI is InChI=1S/C11H13BrN4O/c12-10-7-9(1-2-11(10)17)8-13-3-5-16-6-4-14-15-16/h1-2,4,6-7,13,17H,3,5,8H2. The second kappa shape index (κ2) is 5.79. The minimum absolute atomic E-state index is 0.261. The lowest BCUT2D eigenvalue weighted by molar-refractivity contribution is 0.471. The van der Waals surface area contributed by atoms with Crippen molar-refractivity contribution in [1.29, 1.82) is 0 Å². The summed E-state index contributed by atoms with van der Waals surface area (Å²) in [5.74, 6) is 0.261. The number of hydrogen-bond donors (Lipinski definition) is 2. The van der Waals surface area contributed by atoms with Gasteiger partial charge in [-0.05, 0) is 33.6 Å². The first-order valence-electron chi connectivity index (χ1n) is 5.28. The van der Waals surface area contributed by atoms with Gasteiger partial charge >= 0.3 is 0 Å². The average molecular weight is 297 g/mol. The Kier molecular flexibility index (Phi) is 4.11. The number of phenolic OH excluding ortho intramolecular Hbond substituents is 1. The maximum absolute atomic E-state index is 9.35. The van der Waals surface area contributed by atoms with Crippen molar-refractivity contribution in [2.24, 2.45) is 0 Å². The highest BCUT2D eigenvalue weighted by Crippen LogP contribution is 2.23. The predicted octanol–water partition coefficient (Wildman–Crippen LogP) is 1.54. The fraction of sp³-hybridized carbons (Fsp3) is 0.273. The quantitative estimate of drug-likeness (QED) is 0.822. The highest BCUT2D eigenvalue weighted by atomic mass is 79.9. The number of phenols is 1. The molecule has 0 aliphatic rings. The van der Waals surface area contributed by atoms with E-state index < -0.39 is 0 Å². The van der Waals surface area contributed by atoms with Gasteiger partial charge in [-0.25, -0.2) is 0 Å². The van der Waals surface area contributed by atoms with Gasteiger partial charge in [-0.15, -0.1) is 5.10 Å². The van der Waals surface area contributed by atoms with E-state index in [2.05, 4.69) is 31.6 Å². The Morgan fingerprint density at radius 1 is 1.41 bits per heavy atom. The van der Waals surface area contributed by atoms with Crippen LogP contribution in [-0.4, -0.2) is 26.6 Å². The van der Waals surface area contributed by atoms with Crippen molar-refractivity contribution in [1.82, 2.24) is 20.3 Å².